The summed E-state index contributed by atoms with van der Waals surface area (Å²) >= 11 is 0. The Bertz CT molecular complexity index is 2330. The molecule has 1 aromatic heterocycles. The molecule has 2 atom stereocenters. The molecule has 4 aromatic rings. The molecule has 2 unspecified atom stereocenters. The summed E-state index contributed by atoms with van der Waals surface area (Å²) in [5.41, 5.74) is 5.60. The molecule has 63 heavy (non-hydrogen) atoms. The fourth-order valence-electron chi connectivity index (χ4n) is 10.6. The van der Waals surface area contributed by atoms with E-state index in [1.807, 2.05) is 60.3 Å². The third-order valence-corrected chi connectivity index (χ3v) is 14.0. The van der Waals surface area contributed by atoms with Crippen LogP contribution in [0, 0.1) is 17.6 Å². The van der Waals surface area contributed by atoms with Crippen LogP contribution in [0.4, 0.5) is 17.6 Å². The Balaban J connectivity index is 0.000000434. The number of fused-ring (bicyclic) bond motifs is 4. The number of aldehydes is 2. The largest absolute Gasteiger partial charge is 0.357 e. The average molecular weight is 871 g/mol. The van der Waals surface area contributed by atoms with Crippen LogP contribution in [-0.4, -0.2) is 114 Å². The van der Waals surface area contributed by atoms with Gasteiger partial charge in [-0.15, -0.1) is 0 Å². The molecule has 1 aliphatic carbocycles. The standard InChI is InChI=1S/C41H42F4N4O3.C7H12N2O2/c42-34-17-26(18-35(43)38(34)40-39-33(11-14-48(40)21-37(44)45)32-3-1-2-4-36(32)46-39)24-9-12-47(13-10-24)41(52)25-5-7-31(8-6-25)49-19-27-15-29(22-50)30(23-51)16-28(27)20-49;1-9(2)5-3-4-6(10)8-7(5)11/h1-4,15-18,22-25,31,37,40,46H,5-14,19-21H2;5H,3-4H2,1-2H3,(H,8,10,11). The van der Waals surface area contributed by atoms with Crippen molar-refractivity contribution in [3.05, 3.63) is 105 Å². The van der Waals surface area contributed by atoms with Gasteiger partial charge in [-0.25, -0.2) is 17.6 Å². The number of piperidine rings is 2. The zero-order chi connectivity index (χ0) is 44.5. The molecule has 0 spiro atoms. The van der Waals surface area contributed by atoms with Crippen molar-refractivity contribution in [3.8, 4) is 0 Å². The smallest absolute Gasteiger partial charge is 0.251 e. The number of amides is 3. The summed E-state index contributed by atoms with van der Waals surface area (Å²) in [6.45, 7) is 2.15. The first-order chi connectivity index (χ1) is 30.3. The lowest BCUT2D eigenvalue weighted by Crippen LogP contribution is -2.50. The number of likely N-dealkylation sites (N-methyl/N-ethyl adjacent to an activating group) is 1. The number of benzene rings is 3. The van der Waals surface area contributed by atoms with Gasteiger partial charge >= 0.3 is 0 Å². The van der Waals surface area contributed by atoms with Gasteiger partial charge in [0.2, 0.25) is 17.7 Å². The first-order valence-corrected chi connectivity index (χ1v) is 22.0. The van der Waals surface area contributed by atoms with Gasteiger partial charge in [-0.3, -0.25) is 44.0 Å². The van der Waals surface area contributed by atoms with Crippen LogP contribution in [0.5, 0.6) is 0 Å². The summed E-state index contributed by atoms with van der Waals surface area (Å²) in [5, 5.41) is 3.23. The lowest BCUT2D eigenvalue weighted by molar-refractivity contribution is -0.138. The second-order valence-electron chi connectivity index (χ2n) is 17.9. The predicted octanol–water partition coefficient (Wildman–Crippen LogP) is 6.92. The van der Waals surface area contributed by atoms with Crippen molar-refractivity contribution < 1.29 is 41.5 Å². The molecule has 9 rings (SSSR count). The van der Waals surface area contributed by atoms with E-state index in [0.717, 1.165) is 78.9 Å². The average Bonchev–Trinajstić information content (AvgIpc) is 3.87. The molecule has 2 N–H and O–H groups in total. The summed E-state index contributed by atoms with van der Waals surface area (Å²) in [6, 6.07) is 13.2. The highest BCUT2D eigenvalue weighted by Crippen LogP contribution is 2.42. The molecule has 11 nitrogen and oxygen atoms in total. The first-order valence-electron chi connectivity index (χ1n) is 22.0. The minimum absolute atomic E-state index is 0.0588. The van der Waals surface area contributed by atoms with Crippen LogP contribution in [0.2, 0.25) is 0 Å². The van der Waals surface area contributed by atoms with E-state index in [4.69, 9.17) is 0 Å². The van der Waals surface area contributed by atoms with Crippen LogP contribution in [0.25, 0.3) is 10.9 Å². The number of alkyl halides is 2. The van der Waals surface area contributed by atoms with E-state index in [0.29, 0.717) is 73.6 Å². The van der Waals surface area contributed by atoms with Crippen molar-refractivity contribution in [2.45, 2.75) is 101 Å². The van der Waals surface area contributed by atoms with E-state index in [1.165, 1.54) is 17.0 Å². The number of rotatable bonds is 9. The van der Waals surface area contributed by atoms with Gasteiger partial charge in [-0.2, -0.15) is 0 Å². The first kappa shape index (κ1) is 44.4. The number of hydrogen-bond acceptors (Lipinski definition) is 8. The summed E-state index contributed by atoms with van der Waals surface area (Å²) in [6.07, 6.45) is 4.93. The maximum absolute atomic E-state index is 16.1. The Morgan fingerprint density at radius 3 is 2.06 bits per heavy atom. The van der Waals surface area contributed by atoms with Crippen molar-refractivity contribution >= 4 is 41.2 Å². The number of hydrogen-bond donors (Lipinski definition) is 2. The molecule has 5 heterocycles. The van der Waals surface area contributed by atoms with Crippen LogP contribution in [0.1, 0.15) is 118 Å². The Kier molecular flexibility index (Phi) is 13.3. The molecule has 0 bridgehead atoms. The van der Waals surface area contributed by atoms with E-state index in [2.05, 4.69) is 15.2 Å². The third kappa shape index (κ3) is 9.23. The molecule has 3 amide bonds. The molecule has 3 fully saturated rings. The monoisotopic (exact) mass is 870 g/mol. The number of para-hydroxylation sites is 1. The van der Waals surface area contributed by atoms with Crippen molar-refractivity contribution in [2.24, 2.45) is 5.92 Å². The highest BCUT2D eigenvalue weighted by atomic mass is 19.3. The molecule has 3 aromatic carbocycles. The van der Waals surface area contributed by atoms with Gasteiger partial charge < -0.3 is 9.88 Å². The molecule has 0 radical (unpaired) electrons. The molecule has 1 saturated carbocycles. The van der Waals surface area contributed by atoms with Crippen molar-refractivity contribution in [1.29, 1.82) is 0 Å². The minimum Gasteiger partial charge on any atom is -0.357 e. The Labute approximate surface area is 364 Å². The predicted molar refractivity (Wildman–Crippen MR) is 228 cm³/mol. The second-order valence-corrected chi connectivity index (χ2v) is 17.9. The number of carbonyl (C=O) groups excluding carboxylic acids is 5. The zero-order valence-corrected chi connectivity index (χ0v) is 35.7. The van der Waals surface area contributed by atoms with E-state index in [-0.39, 0.29) is 47.7 Å². The maximum atomic E-state index is 16.1. The molecule has 2 saturated heterocycles. The summed E-state index contributed by atoms with van der Waals surface area (Å²) in [5.74, 6) is -1.85. The highest BCUT2D eigenvalue weighted by molar-refractivity contribution is 6.00. The fourth-order valence-corrected chi connectivity index (χ4v) is 10.6. The van der Waals surface area contributed by atoms with Crippen LogP contribution >= 0.6 is 0 Å². The lowest BCUT2D eigenvalue weighted by Gasteiger charge is -2.38. The number of H-pyrrole nitrogens is 1. The maximum Gasteiger partial charge on any atom is 0.251 e. The molecule has 4 aliphatic heterocycles. The number of nitrogens with zero attached hydrogens (tertiary/aromatic N) is 4. The number of likely N-dealkylation sites (tertiary alicyclic amines) is 1. The van der Waals surface area contributed by atoms with Gasteiger partial charge in [0.15, 0.2) is 12.6 Å². The highest BCUT2D eigenvalue weighted by Gasteiger charge is 2.39. The summed E-state index contributed by atoms with van der Waals surface area (Å²) < 4.78 is 59.5. The van der Waals surface area contributed by atoms with Gasteiger partial charge in [-0.1, -0.05) is 18.2 Å². The van der Waals surface area contributed by atoms with Crippen LogP contribution in [0.15, 0.2) is 48.5 Å². The van der Waals surface area contributed by atoms with Crippen molar-refractivity contribution in [2.75, 3.05) is 40.3 Å². The van der Waals surface area contributed by atoms with Gasteiger partial charge in [0.25, 0.3) is 6.43 Å². The van der Waals surface area contributed by atoms with E-state index >= 15 is 8.78 Å². The number of imide groups is 1. The van der Waals surface area contributed by atoms with Gasteiger partial charge in [0.05, 0.1) is 18.6 Å². The molecule has 15 heteroatoms. The van der Waals surface area contributed by atoms with Gasteiger partial charge in [-0.05, 0) is 124 Å². The van der Waals surface area contributed by atoms with E-state index in [1.54, 1.807) is 0 Å². The molecule has 5 aliphatic rings. The SMILES string of the molecule is CN(C)C1CCC(=O)NC1=O.O=Cc1cc2c(cc1C=O)CN(C1CCC(C(=O)N3CCC(c4cc(F)c(C5c6[nH]c7ccccc7c6CCN5CC(F)F)c(F)c4)CC3)CC1)C2. The zero-order valence-electron chi connectivity index (χ0n) is 35.7. The number of aromatic nitrogens is 1. The number of nitrogens with one attached hydrogen (secondary N) is 2. The summed E-state index contributed by atoms with van der Waals surface area (Å²) in [7, 11) is 3.67. The Hall–Kier alpha value is -5.25. The van der Waals surface area contributed by atoms with Crippen LogP contribution < -0.4 is 5.32 Å². The molecular formula is C48H54F4N6O5. The number of aromatic amines is 1. The normalized spacial score (nSPS) is 23.3. The van der Waals surface area contributed by atoms with Crippen LogP contribution in [-0.2, 0) is 33.9 Å². The van der Waals surface area contributed by atoms with E-state index < -0.39 is 30.6 Å². The van der Waals surface area contributed by atoms with Crippen molar-refractivity contribution in [3.63, 3.8) is 0 Å². The third-order valence-electron chi connectivity index (χ3n) is 14.0. The second kappa shape index (κ2) is 18.8. The number of carbonyl (C=O) groups is 5. The van der Waals surface area contributed by atoms with Gasteiger partial charge in [0.1, 0.15) is 11.6 Å². The molecule has 334 valence electrons. The lowest BCUT2D eigenvalue weighted by atomic mass is 9.83. The molecular weight excluding hydrogens is 817 g/mol. The summed E-state index contributed by atoms with van der Waals surface area (Å²) in [4.78, 5) is 69.1. The van der Waals surface area contributed by atoms with Crippen molar-refractivity contribution in [1.82, 2.24) is 29.9 Å². The fraction of sp³-hybridized carbons (Fsp3) is 0.479. The topological polar surface area (TPSA) is 126 Å². The van der Waals surface area contributed by atoms with Gasteiger partial charge in [0, 0.05) is 84.4 Å². The minimum atomic E-state index is -2.65. The van der Waals surface area contributed by atoms with Crippen LogP contribution in [0.3, 0.4) is 0 Å². The van der Waals surface area contributed by atoms with E-state index in [9.17, 15) is 32.8 Å². The quantitative estimate of drug-likeness (QED) is 0.106. The Morgan fingerprint density at radius 1 is 0.841 bits per heavy atom. The Morgan fingerprint density at radius 2 is 1.48 bits per heavy atom. The number of halogens is 4.